The summed E-state index contributed by atoms with van der Waals surface area (Å²) in [6, 6.07) is 4.87. The number of halogens is 2. The van der Waals surface area contributed by atoms with Crippen LogP contribution in [0.1, 0.15) is 31.5 Å². The maximum atomic E-state index is 12.2. The molecule has 0 unspecified atom stereocenters. The third-order valence-electron chi connectivity index (χ3n) is 2.86. The minimum Gasteiger partial charge on any atom is -0.408 e. The Kier molecular flexibility index (Phi) is 5.98. The summed E-state index contributed by atoms with van der Waals surface area (Å²) in [6.07, 6.45) is 0.451. The quantitative estimate of drug-likeness (QED) is 0.744. The Balaban J connectivity index is 2.58. The molecule has 0 aliphatic rings. The van der Waals surface area contributed by atoms with Crippen molar-refractivity contribution in [2.24, 2.45) is 4.99 Å². The smallest absolute Gasteiger partial charge is 0.312 e. The Morgan fingerprint density at radius 2 is 2.00 bits per heavy atom. The Morgan fingerprint density at radius 1 is 1.26 bits per heavy atom. The number of hydrogen-bond acceptors (Lipinski definition) is 5. The number of ether oxygens (including phenoxy) is 1. The van der Waals surface area contributed by atoms with E-state index in [4.69, 9.17) is 27.9 Å². The van der Waals surface area contributed by atoms with Crippen LogP contribution in [-0.2, 0) is 4.79 Å². The summed E-state index contributed by atoms with van der Waals surface area (Å²) in [5, 5.41) is 2.46. The third-order valence-corrected chi connectivity index (χ3v) is 4.22. The van der Waals surface area contributed by atoms with Crippen LogP contribution in [0.4, 0.5) is 5.69 Å². The number of benzene rings is 1. The summed E-state index contributed by atoms with van der Waals surface area (Å²) in [6.45, 7) is 3.40. The van der Waals surface area contributed by atoms with Gasteiger partial charge in [0.2, 0.25) is 11.8 Å². The van der Waals surface area contributed by atoms with E-state index in [1.807, 2.05) is 0 Å². The number of rotatable bonds is 4. The van der Waals surface area contributed by atoms with Gasteiger partial charge in [0.1, 0.15) is 0 Å². The van der Waals surface area contributed by atoms with Gasteiger partial charge in [-0.3, -0.25) is 9.59 Å². The second-order valence-corrected chi connectivity index (χ2v) is 6.15. The van der Waals surface area contributed by atoms with Crippen molar-refractivity contribution in [3.63, 3.8) is 0 Å². The van der Waals surface area contributed by atoms with Gasteiger partial charge in [-0.25, -0.2) is 9.56 Å². The molecule has 1 aromatic carbocycles. The largest absolute Gasteiger partial charge is 0.408 e. The van der Waals surface area contributed by atoms with Gasteiger partial charge < -0.3 is 4.74 Å². The molecule has 0 aliphatic heterocycles. The lowest BCUT2D eigenvalue weighted by Crippen LogP contribution is -2.24. The molecule has 1 heterocycles. The SMILES string of the molecule is CCC(=O)Oc1csc(=Nc2cc(Cl)ccc2Cl)n1C(=O)CC. The number of hydrogen-bond donors (Lipinski definition) is 0. The van der Waals surface area contributed by atoms with Crippen LogP contribution < -0.4 is 9.54 Å². The molecule has 122 valence electrons. The lowest BCUT2D eigenvalue weighted by molar-refractivity contribution is -0.134. The molecule has 1 aromatic heterocycles. The van der Waals surface area contributed by atoms with Crippen molar-refractivity contribution in [2.45, 2.75) is 26.7 Å². The molecular weight excluding hydrogens is 359 g/mol. The first-order chi connectivity index (χ1) is 11.0. The Labute approximate surface area is 147 Å². The van der Waals surface area contributed by atoms with Crippen LogP contribution in [-0.4, -0.2) is 16.4 Å². The van der Waals surface area contributed by atoms with E-state index in [1.54, 1.807) is 37.4 Å². The van der Waals surface area contributed by atoms with Crippen molar-refractivity contribution in [1.29, 1.82) is 0 Å². The lowest BCUT2D eigenvalue weighted by atomic mass is 10.3. The van der Waals surface area contributed by atoms with Crippen molar-refractivity contribution in [3.8, 4) is 5.88 Å². The molecule has 2 aromatic rings. The molecule has 0 radical (unpaired) electrons. The summed E-state index contributed by atoms with van der Waals surface area (Å²) >= 11 is 13.2. The highest BCUT2D eigenvalue weighted by Crippen LogP contribution is 2.28. The van der Waals surface area contributed by atoms with Crippen molar-refractivity contribution >= 4 is 52.1 Å². The summed E-state index contributed by atoms with van der Waals surface area (Å²) in [5.74, 6) is -0.500. The van der Waals surface area contributed by atoms with E-state index in [0.29, 0.717) is 20.5 Å². The van der Waals surface area contributed by atoms with E-state index in [2.05, 4.69) is 4.99 Å². The maximum Gasteiger partial charge on any atom is 0.312 e. The molecular formula is C15H14Cl2N2O3S. The normalized spacial score (nSPS) is 11.6. The molecule has 0 saturated heterocycles. The predicted octanol–water partition coefficient (Wildman–Crippen LogP) is 4.45. The highest BCUT2D eigenvalue weighted by Gasteiger charge is 2.15. The first-order valence-electron chi connectivity index (χ1n) is 6.90. The van der Waals surface area contributed by atoms with Crippen LogP contribution in [0.5, 0.6) is 5.88 Å². The second-order valence-electron chi connectivity index (χ2n) is 4.47. The van der Waals surface area contributed by atoms with Gasteiger partial charge in [0.05, 0.1) is 16.1 Å². The van der Waals surface area contributed by atoms with Gasteiger partial charge in [0, 0.05) is 17.9 Å². The monoisotopic (exact) mass is 372 g/mol. The average molecular weight is 373 g/mol. The third kappa shape index (κ3) is 4.22. The van der Waals surface area contributed by atoms with Crippen LogP contribution in [0.15, 0.2) is 28.6 Å². The van der Waals surface area contributed by atoms with Gasteiger partial charge in [0.25, 0.3) is 0 Å². The summed E-state index contributed by atoms with van der Waals surface area (Å²) in [7, 11) is 0. The van der Waals surface area contributed by atoms with Crippen LogP contribution in [0.3, 0.4) is 0 Å². The Morgan fingerprint density at radius 3 is 2.65 bits per heavy atom. The van der Waals surface area contributed by atoms with Gasteiger partial charge in [-0.05, 0) is 18.2 Å². The molecule has 0 spiro atoms. The van der Waals surface area contributed by atoms with E-state index in [9.17, 15) is 9.59 Å². The molecule has 5 nitrogen and oxygen atoms in total. The summed E-state index contributed by atoms with van der Waals surface area (Å²) in [5.41, 5.74) is 0.437. The number of nitrogens with zero attached hydrogens (tertiary/aromatic N) is 2. The van der Waals surface area contributed by atoms with Crippen LogP contribution in [0.25, 0.3) is 0 Å². The minimum absolute atomic E-state index is 0.158. The zero-order chi connectivity index (χ0) is 17.0. The second kappa shape index (κ2) is 7.77. The van der Waals surface area contributed by atoms with Crippen molar-refractivity contribution in [3.05, 3.63) is 38.4 Å². The first-order valence-corrected chi connectivity index (χ1v) is 8.54. The first kappa shape index (κ1) is 17.7. The fourth-order valence-corrected chi connectivity index (χ4v) is 2.83. The van der Waals surface area contributed by atoms with Crippen LogP contribution >= 0.6 is 34.5 Å². The number of aromatic nitrogens is 1. The van der Waals surface area contributed by atoms with Crippen LogP contribution in [0, 0.1) is 0 Å². The fourth-order valence-electron chi connectivity index (χ4n) is 1.70. The number of carbonyl (C=O) groups is 2. The zero-order valence-corrected chi connectivity index (χ0v) is 14.8. The molecule has 0 fully saturated rings. The highest BCUT2D eigenvalue weighted by atomic mass is 35.5. The van der Waals surface area contributed by atoms with Crippen molar-refractivity contribution in [2.75, 3.05) is 0 Å². The van der Waals surface area contributed by atoms with E-state index in [-0.39, 0.29) is 24.6 Å². The standard InChI is InChI=1S/C15H14Cl2N2O3S/c1-3-12(20)19-13(22-14(21)4-2)8-23-15(19)18-11-7-9(16)5-6-10(11)17/h5-8H,3-4H2,1-2H3. The zero-order valence-electron chi connectivity index (χ0n) is 12.5. The van der Waals surface area contributed by atoms with Gasteiger partial charge in [-0.1, -0.05) is 37.0 Å². The molecule has 0 N–H and O–H groups in total. The summed E-state index contributed by atoms with van der Waals surface area (Å²) < 4.78 is 6.46. The van der Waals surface area contributed by atoms with Crippen molar-refractivity contribution in [1.82, 2.24) is 4.57 Å². The highest BCUT2D eigenvalue weighted by molar-refractivity contribution is 7.07. The average Bonchev–Trinajstić information content (AvgIpc) is 2.92. The molecule has 0 saturated carbocycles. The van der Waals surface area contributed by atoms with Gasteiger partial charge in [-0.2, -0.15) is 0 Å². The maximum absolute atomic E-state index is 12.2. The lowest BCUT2D eigenvalue weighted by Gasteiger charge is -2.06. The molecule has 0 aliphatic carbocycles. The van der Waals surface area contributed by atoms with E-state index >= 15 is 0 Å². The van der Waals surface area contributed by atoms with E-state index in [1.165, 1.54) is 15.9 Å². The topological polar surface area (TPSA) is 60.7 Å². The molecule has 0 atom stereocenters. The van der Waals surface area contributed by atoms with Gasteiger partial charge >= 0.3 is 5.97 Å². The minimum atomic E-state index is -0.423. The van der Waals surface area contributed by atoms with Crippen LogP contribution in [0.2, 0.25) is 10.0 Å². The molecule has 2 rings (SSSR count). The van der Waals surface area contributed by atoms with Crippen molar-refractivity contribution < 1.29 is 14.3 Å². The van der Waals surface area contributed by atoms with Gasteiger partial charge in [-0.15, -0.1) is 11.3 Å². The van der Waals surface area contributed by atoms with E-state index in [0.717, 1.165) is 0 Å². The molecule has 0 bridgehead atoms. The Hall–Kier alpha value is -1.63. The number of thiazole rings is 1. The van der Waals surface area contributed by atoms with E-state index < -0.39 is 5.97 Å². The number of carbonyl (C=O) groups excluding carboxylic acids is 2. The molecule has 0 amide bonds. The fraction of sp³-hybridized carbons (Fsp3) is 0.267. The summed E-state index contributed by atoms with van der Waals surface area (Å²) in [4.78, 5) is 28.4. The Bertz CT molecular complexity index is 811. The molecule has 8 heteroatoms. The predicted molar refractivity (Wildman–Crippen MR) is 90.8 cm³/mol. The van der Waals surface area contributed by atoms with Gasteiger partial charge in [0.15, 0.2) is 4.80 Å². The number of esters is 1. The molecule has 23 heavy (non-hydrogen) atoms.